The van der Waals surface area contributed by atoms with E-state index in [1.54, 1.807) is 0 Å². The Hall–Kier alpha value is -0.830. The number of halogens is 1. The molecule has 0 spiro atoms. The van der Waals surface area contributed by atoms with Crippen LogP contribution in [0.1, 0.15) is 19.3 Å². The average molecular weight is 389 g/mol. The van der Waals surface area contributed by atoms with Crippen molar-refractivity contribution < 1.29 is 17.5 Å². The zero-order chi connectivity index (χ0) is 17.9. The Morgan fingerprint density at radius 1 is 1.32 bits per heavy atom. The molecule has 140 valence electrons. The second-order valence-electron chi connectivity index (χ2n) is 6.64. The van der Waals surface area contributed by atoms with E-state index < -0.39 is 15.8 Å². The van der Waals surface area contributed by atoms with Crippen molar-refractivity contribution in [3.05, 3.63) is 24.0 Å². The summed E-state index contributed by atoms with van der Waals surface area (Å²) >= 11 is 2.02. The Bertz CT molecular complexity index is 685. The Morgan fingerprint density at radius 3 is 2.72 bits per heavy atom. The molecule has 0 saturated carbocycles. The fourth-order valence-corrected chi connectivity index (χ4v) is 6.05. The van der Waals surface area contributed by atoms with E-state index in [2.05, 4.69) is 9.62 Å². The fraction of sp³-hybridized carbons (Fsp3) is 0.647. The number of nitrogens with one attached hydrogen (secondary N) is 1. The number of nitrogens with zero attached hydrogens (tertiary/aromatic N) is 1. The molecule has 2 heterocycles. The van der Waals surface area contributed by atoms with Gasteiger partial charge in [0, 0.05) is 18.3 Å². The van der Waals surface area contributed by atoms with Crippen LogP contribution in [-0.2, 0) is 10.0 Å². The monoisotopic (exact) mass is 388 g/mol. The molecule has 2 aliphatic heterocycles. The van der Waals surface area contributed by atoms with Crippen molar-refractivity contribution in [3.63, 3.8) is 0 Å². The number of hydrogen-bond donors (Lipinski definition) is 1. The van der Waals surface area contributed by atoms with Crippen molar-refractivity contribution in [2.45, 2.75) is 30.2 Å². The molecule has 5 nitrogen and oxygen atoms in total. The number of rotatable bonds is 6. The van der Waals surface area contributed by atoms with Gasteiger partial charge in [-0.05, 0) is 62.2 Å². The molecule has 8 heteroatoms. The highest BCUT2D eigenvalue weighted by molar-refractivity contribution is 7.99. The summed E-state index contributed by atoms with van der Waals surface area (Å²) < 4.78 is 46.2. The molecular formula is C17H25FN2O3S2. The lowest BCUT2D eigenvalue weighted by Crippen LogP contribution is -2.43. The van der Waals surface area contributed by atoms with Crippen LogP contribution in [0.4, 0.5) is 4.39 Å². The van der Waals surface area contributed by atoms with Crippen LogP contribution in [-0.4, -0.2) is 57.6 Å². The van der Waals surface area contributed by atoms with Gasteiger partial charge in [0.2, 0.25) is 10.0 Å². The van der Waals surface area contributed by atoms with Gasteiger partial charge in [0.25, 0.3) is 0 Å². The summed E-state index contributed by atoms with van der Waals surface area (Å²) in [4.78, 5) is 2.40. The molecule has 0 radical (unpaired) electrons. The Balaban J connectivity index is 1.55. The quantitative estimate of drug-likeness (QED) is 0.811. The predicted molar refractivity (Wildman–Crippen MR) is 98.2 cm³/mol. The number of hydrogen-bond acceptors (Lipinski definition) is 5. The van der Waals surface area contributed by atoms with Gasteiger partial charge in [0.1, 0.15) is 16.5 Å². The number of thioether (sulfide) groups is 1. The topological polar surface area (TPSA) is 58.6 Å². The lowest BCUT2D eigenvalue weighted by Gasteiger charge is -2.35. The van der Waals surface area contributed by atoms with E-state index in [-0.39, 0.29) is 10.6 Å². The molecule has 1 unspecified atom stereocenters. The summed E-state index contributed by atoms with van der Waals surface area (Å²) in [6.07, 6.45) is 3.25. The van der Waals surface area contributed by atoms with Gasteiger partial charge in [-0.3, -0.25) is 4.90 Å². The number of ether oxygens (including phenoxy) is 1. The fourth-order valence-electron chi connectivity index (χ4n) is 3.50. The summed E-state index contributed by atoms with van der Waals surface area (Å²) in [7, 11) is -2.41. The zero-order valence-corrected chi connectivity index (χ0v) is 16.0. The number of likely N-dealkylation sites (tertiary alicyclic amines) is 1. The molecule has 2 aliphatic rings. The highest BCUT2D eigenvalue weighted by Crippen LogP contribution is 2.28. The Kier molecular flexibility index (Phi) is 6.25. The average Bonchev–Trinajstić information content (AvgIpc) is 3.15. The normalized spacial score (nSPS) is 23.0. The third kappa shape index (κ3) is 4.67. The molecule has 0 aliphatic carbocycles. The van der Waals surface area contributed by atoms with Crippen molar-refractivity contribution in [3.8, 4) is 5.75 Å². The van der Waals surface area contributed by atoms with Crippen LogP contribution in [0.25, 0.3) is 0 Å². The second kappa shape index (κ2) is 8.24. The molecule has 25 heavy (non-hydrogen) atoms. The Morgan fingerprint density at radius 2 is 2.08 bits per heavy atom. The SMILES string of the molecule is COc1ccc(F)cc1S(=O)(=O)NCC1CCN(C2CCSC2)CC1. The van der Waals surface area contributed by atoms with Crippen LogP contribution < -0.4 is 9.46 Å². The van der Waals surface area contributed by atoms with E-state index in [1.807, 2.05) is 11.8 Å². The molecule has 1 N–H and O–H groups in total. The zero-order valence-electron chi connectivity index (χ0n) is 14.4. The second-order valence-corrected chi connectivity index (χ2v) is 9.53. The van der Waals surface area contributed by atoms with Crippen LogP contribution >= 0.6 is 11.8 Å². The molecule has 3 rings (SSSR count). The van der Waals surface area contributed by atoms with Crippen LogP contribution in [0.2, 0.25) is 0 Å². The number of piperidine rings is 1. The van der Waals surface area contributed by atoms with E-state index in [0.717, 1.165) is 32.0 Å². The molecule has 1 aromatic rings. The molecule has 2 fully saturated rings. The molecule has 1 atom stereocenters. The van der Waals surface area contributed by atoms with Crippen molar-refractivity contribution >= 4 is 21.8 Å². The van der Waals surface area contributed by atoms with Crippen LogP contribution in [0.15, 0.2) is 23.1 Å². The maximum absolute atomic E-state index is 13.4. The van der Waals surface area contributed by atoms with Gasteiger partial charge < -0.3 is 4.74 Å². The first-order valence-corrected chi connectivity index (χ1v) is 11.3. The Labute approximate surface area is 153 Å². The summed E-state index contributed by atoms with van der Waals surface area (Å²) in [6.45, 7) is 2.44. The lowest BCUT2D eigenvalue weighted by molar-refractivity contribution is 0.145. The summed E-state index contributed by atoms with van der Waals surface area (Å²) in [5.41, 5.74) is 0. The van der Waals surface area contributed by atoms with Gasteiger partial charge in [-0.2, -0.15) is 11.8 Å². The largest absolute Gasteiger partial charge is 0.495 e. The van der Waals surface area contributed by atoms with Gasteiger partial charge >= 0.3 is 0 Å². The molecule has 2 saturated heterocycles. The third-order valence-corrected chi connectivity index (χ3v) is 7.64. The van der Waals surface area contributed by atoms with E-state index in [0.29, 0.717) is 18.5 Å². The smallest absolute Gasteiger partial charge is 0.244 e. The van der Waals surface area contributed by atoms with Gasteiger partial charge in [0.15, 0.2) is 0 Å². The van der Waals surface area contributed by atoms with E-state index in [4.69, 9.17) is 4.74 Å². The molecule has 0 amide bonds. The van der Waals surface area contributed by atoms with E-state index in [9.17, 15) is 12.8 Å². The standard InChI is InChI=1S/C17H25FN2O3S2/c1-23-16-3-2-14(18)10-17(16)25(21,22)19-11-13-4-7-20(8-5-13)15-6-9-24-12-15/h2-3,10,13,15,19H,4-9,11-12H2,1H3. The van der Waals surface area contributed by atoms with Crippen LogP contribution in [0.3, 0.4) is 0 Å². The van der Waals surface area contributed by atoms with Gasteiger partial charge in [0.05, 0.1) is 7.11 Å². The van der Waals surface area contributed by atoms with Gasteiger partial charge in [-0.15, -0.1) is 0 Å². The highest BCUT2D eigenvalue weighted by Gasteiger charge is 2.28. The van der Waals surface area contributed by atoms with Crippen molar-refractivity contribution in [1.29, 1.82) is 0 Å². The van der Waals surface area contributed by atoms with E-state index >= 15 is 0 Å². The number of benzene rings is 1. The first-order valence-electron chi connectivity index (χ1n) is 8.64. The molecule has 1 aromatic carbocycles. The van der Waals surface area contributed by atoms with Crippen LogP contribution in [0.5, 0.6) is 5.75 Å². The maximum atomic E-state index is 13.4. The van der Waals surface area contributed by atoms with E-state index in [1.165, 1.54) is 37.2 Å². The first kappa shape index (κ1) is 18.9. The third-order valence-electron chi connectivity index (χ3n) is 5.05. The van der Waals surface area contributed by atoms with Crippen molar-refractivity contribution in [1.82, 2.24) is 9.62 Å². The van der Waals surface area contributed by atoms with Crippen LogP contribution in [0, 0.1) is 11.7 Å². The first-order chi connectivity index (χ1) is 12.0. The predicted octanol–water partition coefficient (Wildman–Crippen LogP) is 2.33. The summed E-state index contributed by atoms with van der Waals surface area (Å²) in [5.74, 6) is 2.35. The molecule has 0 bridgehead atoms. The highest BCUT2D eigenvalue weighted by atomic mass is 32.2. The molecule has 0 aromatic heterocycles. The van der Waals surface area contributed by atoms with Gasteiger partial charge in [-0.1, -0.05) is 0 Å². The minimum absolute atomic E-state index is 0.143. The summed E-state index contributed by atoms with van der Waals surface area (Å²) in [6, 6.07) is 4.22. The lowest BCUT2D eigenvalue weighted by atomic mass is 9.96. The molecular weight excluding hydrogens is 363 g/mol. The maximum Gasteiger partial charge on any atom is 0.244 e. The minimum atomic E-state index is -3.79. The van der Waals surface area contributed by atoms with Gasteiger partial charge in [-0.25, -0.2) is 17.5 Å². The van der Waals surface area contributed by atoms with Crippen molar-refractivity contribution in [2.75, 3.05) is 38.2 Å². The number of methoxy groups -OCH3 is 1. The minimum Gasteiger partial charge on any atom is -0.495 e. The number of sulfonamides is 1. The van der Waals surface area contributed by atoms with Crippen molar-refractivity contribution in [2.24, 2.45) is 5.92 Å². The summed E-state index contributed by atoms with van der Waals surface area (Å²) in [5, 5.41) is 0.